The predicted octanol–water partition coefficient (Wildman–Crippen LogP) is 5.20. The molecule has 3 heteroatoms. The molecule has 2 N–H and O–H groups in total. The zero-order valence-corrected chi connectivity index (χ0v) is 16.1. The van der Waals surface area contributed by atoms with E-state index in [1.54, 1.807) is 0 Å². The Bertz CT molecular complexity index is 221. The van der Waals surface area contributed by atoms with Crippen molar-refractivity contribution in [1.29, 1.82) is 0 Å². The van der Waals surface area contributed by atoms with Gasteiger partial charge in [0.25, 0.3) is 0 Å². The van der Waals surface area contributed by atoms with E-state index in [1.165, 1.54) is 83.5 Å². The predicted molar refractivity (Wildman–Crippen MR) is 100 cm³/mol. The molecule has 0 saturated carbocycles. The first kappa shape index (κ1) is 22.9. The Labute approximate surface area is 145 Å². The molecule has 0 aromatic heterocycles. The van der Waals surface area contributed by atoms with E-state index in [2.05, 4.69) is 6.92 Å². The average Bonchev–Trinajstić information content (AvgIpc) is 2.59. The van der Waals surface area contributed by atoms with Crippen LogP contribution in [-0.2, 0) is 0 Å². The second-order valence-corrected chi connectivity index (χ2v) is 7.26. The highest BCUT2D eigenvalue weighted by atomic mass is 16.3. The maximum Gasteiger partial charge on any atom is 0.182 e. The quantitative estimate of drug-likeness (QED) is 0.206. The first-order valence-electron chi connectivity index (χ1n) is 10.3. The van der Waals surface area contributed by atoms with Crippen LogP contribution in [-0.4, -0.2) is 41.2 Å². The van der Waals surface area contributed by atoms with E-state index in [1.807, 2.05) is 6.92 Å². The third kappa shape index (κ3) is 12.9. The second kappa shape index (κ2) is 16.7. The third-order valence-corrected chi connectivity index (χ3v) is 5.26. The summed E-state index contributed by atoms with van der Waals surface area (Å²) in [6.07, 6.45) is 19.1. The molecule has 0 rings (SSSR count). The van der Waals surface area contributed by atoms with Crippen LogP contribution in [0, 0.1) is 0 Å². The molecule has 0 aromatic carbocycles. The molecule has 0 amide bonds. The SMILES string of the molecule is CCCCCCCCCCCCCCCC[N+](CC)(CO)CO. The van der Waals surface area contributed by atoms with E-state index in [0.717, 1.165) is 19.5 Å². The molecular formula is C20H44NO2+. The van der Waals surface area contributed by atoms with Gasteiger partial charge in [0.2, 0.25) is 0 Å². The lowest BCUT2D eigenvalue weighted by Gasteiger charge is -2.33. The Morgan fingerprint density at radius 3 is 1.17 bits per heavy atom. The molecule has 0 heterocycles. The molecule has 0 spiro atoms. The van der Waals surface area contributed by atoms with Gasteiger partial charge in [0, 0.05) is 0 Å². The van der Waals surface area contributed by atoms with Crippen LogP contribution >= 0.6 is 0 Å². The summed E-state index contributed by atoms with van der Waals surface area (Å²) in [4.78, 5) is 0. The van der Waals surface area contributed by atoms with E-state index in [0.29, 0.717) is 4.48 Å². The Hall–Kier alpha value is -0.120. The van der Waals surface area contributed by atoms with Crippen LogP contribution < -0.4 is 0 Å². The van der Waals surface area contributed by atoms with Gasteiger partial charge in [-0.25, -0.2) is 0 Å². The summed E-state index contributed by atoms with van der Waals surface area (Å²) in [6.45, 7) is 6.15. The number of rotatable bonds is 18. The van der Waals surface area contributed by atoms with Crippen molar-refractivity contribution in [2.45, 2.75) is 104 Å². The van der Waals surface area contributed by atoms with E-state index in [4.69, 9.17) is 0 Å². The minimum absolute atomic E-state index is 0.0610. The van der Waals surface area contributed by atoms with Crippen LogP contribution in [0.3, 0.4) is 0 Å². The fourth-order valence-electron chi connectivity index (χ4n) is 3.19. The van der Waals surface area contributed by atoms with Crippen LogP contribution in [0.5, 0.6) is 0 Å². The molecule has 0 aliphatic carbocycles. The highest BCUT2D eigenvalue weighted by Crippen LogP contribution is 2.14. The summed E-state index contributed by atoms with van der Waals surface area (Å²) in [5.41, 5.74) is 0. The molecule has 0 radical (unpaired) electrons. The lowest BCUT2D eigenvalue weighted by Crippen LogP contribution is -2.49. The molecule has 0 bridgehead atoms. The minimum Gasteiger partial charge on any atom is -0.347 e. The Balaban J connectivity index is 3.25. The highest BCUT2D eigenvalue weighted by Gasteiger charge is 2.21. The standard InChI is InChI=1S/C20H44NO2/c1-3-5-6-7-8-9-10-11-12-13-14-15-16-17-18-21(4-2,19-22)20-23/h22-23H,3-20H2,1-2H3/q+1. The number of hydrogen-bond donors (Lipinski definition) is 2. The molecule has 0 aromatic rings. The van der Waals surface area contributed by atoms with Gasteiger partial charge in [0.1, 0.15) is 0 Å². The first-order valence-corrected chi connectivity index (χ1v) is 10.3. The lowest BCUT2D eigenvalue weighted by atomic mass is 10.0. The fourth-order valence-corrected chi connectivity index (χ4v) is 3.19. The van der Waals surface area contributed by atoms with Gasteiger partial charge >= 0.3 is 0 Å². The normalized spacial score (nSPS) is 12.0. The minimum atomic E-state index is 0.0610. The van der Waals surface area contributed by atoms with Crippen LogP contribution in [0.25, 0.3) is 0 Å². The van der Waals surface area contributed by atoms with Gasteiger partial charge in [-0.1, -0.05) is 84.0 Å². The number of nitrogens with zero attached hydrogens (tertiary/aromatic N) is 1. The van der Waals surface area contributed by atoms with E-state index in [9.17, 15) is 10.2 Å². The molecule has 0 aliphatic rings. The lowest BCUT2D eigenvalue weighted by molar-refractivity contribution is -0.959. The van der Waals surface area contributed by atoms with Gasteiger partial charge in [-0.3, -0.25) is 4.48 Å². The summed E-state index contributed by atoms with van der Waals surface area (Å²) in [7, 11) is 0. The summed E-state index contributed by atoms with van der Waals surface area (Å²) in [5, 5.41) is 18.8. The zero-order valence-electron chi connectivity index (χ0n) is 16.1. The Morgan fingerprint density at radius 2 is 0.870 bits per heavy atom. The summed E-state index contributed by atoms with van der Waals surface area (Å²) in [6, 6.07) is 0. The van der Waals surface area contributed by atoms with Gasteiger partial charge in [-0.15, -0.1) is 0 Å². The maximum absolute atomic E-state index is 9.39. The molecule has 0 saturated heterocycles. The number of aliphatic hydroxyl groups is 2. The number of aliphatic hydroxyl groups excluding tert-OH is 2. The van der Waals surface area contributed by atoms with E-state index < -0.39 is 0 Å². The second-order valence-electron chi connectivity index (χ2n) is 7.26. The van der Waals surface area contributed by atoms with Crippen LogP contribution in [0.2, 0.25) is 0 Å². The van der Waals surface area contributed by atoms with Gasteiger partial charge in [0.15, 0.2) is 13.5 Å². The van der Waals surface area contributed by atoms with E-state index >= 15 is 0 Å². The molecule has 0 atom stereocenters. The molecule has 140 valence electrons. The molecule has 3 nitrogen and oxygen atoms in total. The van der Waals surface area contributed by atoms with Gasteiger partial charge < -0.3 is 10.2 Å². The average molecular weight is 331 g/mol. The van der Waals surface area contributed by atoms with Crippen molar-refractivity contribution in [3.63, 3.8) is 0 Å². The number of unbranched alkanes of at least 4 members (excludes halogenated alkanes) is 13. The van der Waals surface area contributed by atoms with Gasteiger partial charge in [-0.2, -0.15) is 0 Å². The van der Waals surface area contributed by atoms with Crippen LogP contribution in [0.4, 0.5) is 0 Å². The van der Waals surface area contributed by atoms with Gasteiger partial charge in [-0.05, 0) is 19.8 Å². The Morgan fingerprint density at radius 1 is 0.522 bits per heavy atom. The molecule has 0 aliphatic heterocycles. The van der Waals surface area contributed by atoms with Crippen molar-refractivity contribution < 1.29 is 14.7 Å². The molecular weight excluding hydrogens is 286 g/mol. The zero-order chi connectivity index (χ0) is 17.2. The smallest absolute Gasteiger partial charge is 0.182 e. The largest absolute Gasteiger partial charge is 0.347 e. The first-order chi connectivity index (χ1) is 11.2. The van der Waals surface area contributed by atoms with Gasteiger partial charge in [0.05, 0.1) is 13.1 Å². The van der Waals surface area contributed by atoms with Crippen molar-refractivity contribution in [2.75, 3.05) is 26.6 Å². The maximum atomic E-state index is 9.39. The van der Waals surface area contributed by atoms with Crippen molar-refractivity contribution in [2.24, 2.45) is 0 Å². The van der Waals surface area contributed by atoms with Crippen molar-refractivity contribution in [1.82, 2.24) is 0 Å². The Kier molecular flexibility index (Phi) is 16.6. The molecule has 23 heavy (non-hydrogen) atoms. The van der Waals surface area contributed by atoms with Crippen molar-refractivity contribution in [3.05, 3.63) is 0 Å². The van der Waals surface area contributed by atoms with Crippen LogP contribution in [0.1, 0.15) is 104 Å². The topological polar surface area (TPSA) is 40.5 Å². The fraction of sp³-hybridized carbons (Fsp3) is 1.00. The number of quaternary nitrogens is 1. The van der Waals surface area contributed by atoms with Crippen molar-refractivity contribution in [3.8, 4) is 0 Å². The van der Waals surface area contributed by atoms with E-state index in [-0.39, 0.29) is 13.5 Å². The molecule has 0 unspecified atom stereocenters. The molecule has 0 fully saturated rings. The third-order valence-electron chi connectivity index (χ3n) is 5.26. The highest BCUT2D eigenvalue weighted by molar-refractivity contribution is 4.49. The monoisotopic (exact) mass is 330 g/mol. The number of hydrogen-bond acceptors (Lipinski definition) is 2. The van der Waals surface area contributed by atoms with Crippen LogP contribution in [0.15, 0.2) is 0 Å². The summed E-state index contributed by atoms with van der Waals surface area (Å²) < 4.78 is 0.443. The summed E-state index contributed by atoms with van der Waals surface area (Å²) in [5.74, 6) is 0. The summed E-state index contributed by atoms with van der Waals surface area (Å²) >= 11 is 0. The van der Waals surface area contributed by atoms with Crippen molar-refractivity contribution >= 4 is 0 Å².